The van der Waals surface area contributed by atoms with Gasteiger partial charge in [-0.25, -0.2) is 4.98 Å². The molecule has 0 radical (unpaired) electrons. The van der Waals surface area contributed by atoms with Crippen LogP contribution in [0.4, 0.5) is 0 Å². The van der Waals surface area contributed by atoms with Crippen molar-refractivity contribution in [3.8, 4) is 6.07 Å². The molecule has 1 heterocycles. The molecule has 0 aliphatic heterocycles. The number of aromatic nitrogens is 2. The minimum absolute atomic E-state index is 0.0484. The molecule has 2 aromatic rings. The number of likely N-dealkylation sites (N-methyl/N-ethyl adjacent to an activating group) is 1. The van der Waals surface area contributed by atoms with Gasteiger partial charge in [0.1, 0.15) is 11.6 Å². The fraction of sp³-hybridized carbons (Fsp3) is 0.357. The summed E-state index contributed by atoms with van der Waals surface area (Å²) in [4.78, 5) is 17.3. The van der Waals surface area contributed by atoms with Crippen molar-refractivity contribution in [1.82, 2.24) is 14.5 Å². The molecule has 0 unspecified atom stereocenters. The Morgan fingerprint density at radius 2 is 2.29 bits per heavy atom. The normalized spacial score (nSPS) is 11.0. The summed E-state index contributed by atoms with van der Waals surface area (Å²) in [6.45, 7) is 1.50. The number of fused-ring (bicyclic) bond motifs is 1. The van der Waals surface area contributed by atoms with Crippen molar-refractivity contribution < 1.29 is 9.90 Å². The van der Waals surface area contributed by atoms with Crippen LogP contribution in [-0.2, 0) is 11.3 Å². The Morgan fingerprint density at radius 3 is 2.90 bits per heavy atom. The van der Waals surface area contributed by atoms with E-state index in [0.717, 1.165) is 12.1 Å². The van der Waals surface area contributed by atoms with Crippen molar-refractivity contribution in [3.63, 3.8) is 0 Å². The standard InChI is InChI=1S/C14H16N4O2S/c1-17(2)6-7-18-11-5-3-4-10(8-15)13(11)16-14(18)21-9-12(19)20/h3-5H,6-7,9H2,1-2H3,(H,19,20). The fourth-order valence-corrected chi connectivity index (χ4v) is 2.72. The minimum atomic E-state index is -0.883. The average molecular weight is 304 g/mol. The number of hydrogen-bond donors (Lipinski definition) is 1. The molecule has 7 heteroatoms. The monoisotopic (exact) mass is 304 g/mol. The largest absolute Gasteiger partial charge is 0.481 e. The van der Waals surface area contributed by atoms with Gasteiger partial charge in [0.2, 0.25) is 0 Å². The molecule has 0 aliphatic rings. The Morgan fingerprint density at radius 1 is 1.52 bits per heavy atom. The molecule has 0 fully saturated rings. The van der Waals surface area contributed by atoms with Crippen molar-refractivity contribution in [1.29, 1.82) is 5.26 Å². The summed E-state index contributed by atoms with van der Waals surface area (Å²) in [5.74, 6) is -0.931. The number of para-hydroxylation sites is 1. The van der Waals surface area contributed by atoms with Crippen LogP contribution in [0.15, 0.2) is 23.4 Å². The molecule has 1 aromatic heterocycles. The molecule has 0 aliphatic carbocycles. The molecule has 0 amide bonds. The first kappa shape index (κ1) is 15.4. The molecule has 2 rings (SSSR count). The third-order valence-electron chi connectivity index (χ3n) is 2.96. The molecule has 110 valence electrons. The minimum Gasteiger partial charge on any atom is -0.481 e. The number of imidazole rings is 1. The Balaban J connectivity index is 2.46. The number of hydrogen-bond acceptors (Lipinski definition) is 5. The molecule has 0 saturated carbocycles. The lowest BCUT2D eigenvalue weighted by Crippen LogP contribution is -2.19. The van der Waals surface area contributed by atoms with Gasteiger partial charge in [0.15, 0.2) is 5.16 Å². The van der Waals surface area contributed by atoms with E-state index in [4.69, 9.17) is 10.4 Å². The number of carboxylic acids is 1. The maximum absolute atomic E-state index is 10.8. The van der Waals surface area contributed by atoms with Gasteiger partial charge < -0.3 is 14.6 Å². The third kappa shape index (κ3) is 3.54. The number of carboxylic acid groups (broad SMARTS) is 1. The summed E-state index contributed by atoms with van der Waals surface area (Å²) in [5, 5.41) is 18.6. The van der Waals surface area contributed by atoms with Crippen LogP contribution in [0, 0.1) is 11.3 Å². The predicted octanol–water partition coefficient (Wildman–Crippen LogP) is 1.65. The molecular formula is C14H16N4O2S. The zero-order valence-corrected chi connectivity index (χ0v) is 12.7. The summed E-state index contributed by atoms with van der Waals surface area (Å²) in [5.41, 5.74) is 2.00. The van der Waals surface area contributed by atoms with Crippen LogP contribution in [0.3, 0.4) is 0 Å². The highest BCUT2D eigenvalue weighted by Gasteiger charge is 2.15. The summed E-state index contributed by atoms with van der Waals surface area (Å²) in [6, 6.07) is 7.57. The molecule has 1 aromatic carbocycles. The third-order valence-corrected chi connectivity index (χ3v) is 3.92. The number of nitriles is 1. The molecule has 0 atom stereocenters. The lowest BCUT2D eigenvalue weighted by molar-refractivity contribution is -0.133. The fourth-order valence-electron chi connectivity index (χ4n) is 1.97. The highest BCUT2D eigenvalue weighted by molar-refractivity contribution is 7.99. The van der Waals surface area contributed by atoms with Gasteiger partial charge in [0.05, 0.1) is 16.8 Å². The van der Waals surface area contributed by atoms with E-state index >= 15 is 0 Å². The quantitative estimate of drug-likeness (QED) is 0.817. The maximum atomic E-state index is 10.8. The lowest BCUT2D eigenvalue weighted by atomic mass is 10.2. The van der Waals surface area contributed by atoms with Crippen molar-refractivity contribution >= 4 is 28.8 Å². The van der Waals surface area contributed by atoms with E-state index in [-0.39, 0.29) is 5.75 Å². The Hall–Kier alpha value is -2.04. The second-order valence-corrected chi connectivity index (χ2v) is 5.76. The first-order valence-electron chi connectivity index (χ1n) is 6.41. The van der Waals surface area contributed by atoms with Crippen LogP contribution in [0.25, 0.3) is 11.0 Å². The van der Waals surface area contributed by atoms with Crippen LogP contribution in [0.1, 0.15) is 5.56 Å². The van der Waals surface area contributed by atoms with Gasteiger partial charge in [-0.2, -0.15) is 5.26 Å². The average Bonchev–Trinajstić information content (AvgIpc) is 2.80. The number of benzene rings is 1. The second-order valence-electron chi connectivity index (χ2n) is 4.82. The highest BCUT2D eigenvalue weighted by atomic mass is 32.2. The first-order chi connectivity index (χ1) is 10.0. The van der Waals surface area contributed by atoms with E-state index < -0.39 is 5.97 Å². The van der Waals surface area contributed by atoms with E-state index in [9.17, 15) is 4.79 Å². The van der Waals surface area contributed by atoms with Crippen LogP contribution in [0.5, 0.6) is 0 Å². The second kappa shape index (κ2) is 6.61. The van der Waals surface area contributed by atoms with Gasteiger partial charge in [-0.3, -0.25) is 4.79 Å². The highest BCUT2D eigenvalue weighted by Crippen LogP contribution is 2.26. The summed E-state index contributed by atoms with van der Waals surface area (Å²) in [6.07, 6.45) is 0. The zero-order chi connectivity index (χ0) is 15.4. The van der Waals surface area contributed by atoms with E-state index in [1.807, 2.05) is 35.7 Å². The van der Waals surface area contributed by atoms with Crippen molar-refractivity contribution in [2.75, 3.05) is 26.4 Å². The van der Waals surface area contributed by atoms with Crippen molar-refractivity contribution in [2.45, 2.75) is 11.7 Å². The smallest absolute Gasteiger partial charge is 0.313 e. The van der Waals surface area contributed by atoms with Crippen LogP contribution in [0.2, 0.25) is 0 Å². The SMILES string of the molecule is CN(C)CCn1c(SCC(=O)O)nc2c(C#N)cccc21. The molecule has 6 nitrogen and oxygen atoms in total. The molecular weight excluding hydrogens is 288 g/mol. The number of aliphatic carboxylic acids is 1. The Labute approximate surface area is 127 Å². The first-order valence-corrected chi connectivity index (χ1v) is 7.40. The van der Waals surface area contributed by atoms with Crippen LogP contribution in [-0.4, -0.2) is 51.9 Å². The van der Waals surface area contributed by atoms with Gasteiger partial charge in [0, 0.05) is 13.1 Å². The topological polar surface area (TPSA) is 82.2 Å². The van der Waals surface area contributed by atoms with Gasteiger partial charge in [-0.15, -0.1) is 0 Å². The van der Waals surface area contributed by atoms with Crippen LogP contribution >= 0.6 is 11.8 Å². The molecule has 0 saturated heterocycles. The van der Waals surface area contributed by atoms with Gasteiger partial charge in [-0.1, -0.05) is 17.8 Å². The summed E-state index contributed by atoms with van der Waals surface area (Å²) in [7, 11) is 3.95. The van der Waals surface area contributed by atoms with E-state index in [0.29, 0.717) is 22.8 Å². The zero-order valence-electron chi connectivity index (χ0n) is 11.9. The Bertz CT molecular complexity index is 703. The van der Waals surface area contributed by atoms with Crippen molar-refractivity contribution in [2.24, 2.45) is 0 Å². The lowest BCUT2D eigenvalue weighted by Gasteiger charge is -2.12. The van der Waals surface area contributed by atoms with E-state index in [2.05, 4.69) is 11.1 Å². The molecule has 0 spiro atoms. The van der Waals surface area contributed by atoms with E-state index in [1.165, 1.54) is 11.8 Å². The summed E-state index contributed by atoms with van der Waals surface area (Å²) < 4.78 is 1.98. The predicted molar refractivity (Wildman–Crippen MR) is 81.4 cm³/mol. The molecule has 21 heavy (non-hydrogen) atoms. The van der Waals surface area contributed by atoms with Gasteiger partial charge >= 0.3 is 5.97 Å². The van der Waals surface area contributed by atoms with Crippen molar-refractivity contribution in [3.05, 3.63) is 23.8 Å². The van der Waals surface area contributed by atoms with Gasteiger partial charge in [0.25, 0.3) is 0 Å². The molecule has 0 bridgehead atoms. The van der Waals surface area contributed by atoms with E-state index in [1.54, 1.807) is 6.07 Å². The van der Waals surface area contributed by atoms with Gasteiger partial charge in [-0.05, 0) is 26.2 Å². The summed E-state index contributed by atoms with van der Waals surface area (Å²) >= 11 is 1.18. The number of rotatable bonds is 6. The van der Waals surface area contributed by atoms with Crippen LogP contribution < -0.4 is 0 Å². The maximum Gasteiger partial charge on any atom is 0.313 e. The molecule has 1 N–H and O–H groups in total. The number of carbonyl (C=O) groups is 1. The number of thioether (sulfide) groups is 1. The number of nitrogens with zero attached hydrogens (tertiary/aromatic N) is 4. The Kier molecular flexibility index (Phi) is 4.83.